The van der Waals surface area contributed by atoms with Crippen LogP contribution in [0.4, 0.5) is 0 Å². The van der Waals surface area contributed by atoms with Crippen LogP contribution in [0, 0.1) is 18.8 Å². The molecule has 6 nitrogen and oxygen atoms in total. The Kier molecular flexibility index (Phi) is 7.66. The predicted molar refractivity (Wildman–Crippen MR) is 103 cm³/mol. The number of hydrogen-bond acceptors (Lipinski definition) is 4. The highest BCUT2D eigenvalue weighted by Gasteiger charge is 2.30. The summed E-state index contributed by atoms with van der Waals surface area (Å²) in [5.41, 5.74) is 2.11. The van der Waals surface area contributed by atoms with Gasteiger partial charge in [0.25, 0.3) is 5.91 Å². The van der Waals surface area contributed by atoms with Crippen molar-refractivity contribution in [1.82, 2.24) is 5.32 Å². The van der Waals surface area contributed by atoms with E-state index < -0.39 is 18.0 Å². The second kappa shape index (κ2) is 9.74. The predicted octanol–water partition coefficient (Wildman–Crippen LogP) is 3.13. The Bertz CT molecular complexity index is 652. The maximum absolute atomic E-state index is 12.5. The molecular weight excluding hydrogens is 346 g/mol. The molecule has 150 valence electrons. The maximum atomic E-state index is 12.5. The molecule has 1 aliphatic rings. The first-order chi connectivity index (χ1) is 12.8. The lowest BCUT2D eigenvalue weighted by Gasteiger charge is -2.28. The van der Waals surface area contributed by atoms with Crippen LogP contribution in [0.15, 0.2) is 18.2 Å². The third-order valence-corrected chi connectivity index (χ3v) is 5.11. The average molecular weight is 377 g/mol. The summed E-state index contributed by atoms with van der Waals surface area (Å²) >= 11 is 0. The zero-order valence-electron chi connectivity index (χ0n) is 16.7. The number of rotatable bonds is 8. The highest BCUT2D eigenvalue weighted by Crippen LogP contribution is 2.28. The lowest BCUT2D eigenvalue weighted by Crippen LogP contribution is -2.43. The molecule has 2 unspecified atom stereocenters. The molecule has 6 heteroatoms. The molecule has 2 rings (SSSR count). The largest absolute Gasteiger partial charge is 0.481 e. The van der Waals surface area contributed by atoms with Crippen molar-refractivity contribution in [2.45, 2.75) is 52.6 Å². The minimum atomic E-state index is -0.878. The quantitative estimate of drug-likeness (QED) is 0.727. The van der Waals surface area contributed by atoms with Crippen molar-refractivity contribution < 1.29 is 24.2 Å². The average Bonchev–Trinajstić information content (AvgIpc) is 2.62. The monoisotopic (exact) mass is 377 g/mol. The van der Waals surface area contributed by atoms with Gasteiger partial charge in [-0.05, 0) is 55.7 Å². The minimum absolute atomic E-state index is 0.0251. The number of aliphatic carboxylic acids is 1. The molecule has 27 heavy (non-hydrogen) atoms. The number of carboxylic acid groups (broad SMARTS) is 1. The van der Waals surface area contributed by atoms with Crippen molar-refractivity contribution in [3.8, 4) is 5.75 Å². The van der Waals surface area contributed by atoms with Gasteiger partial charge in [0, 0.05) is 19.8 Å². The summed E-state index contributed by atoms with van der Waals surface area (Å²) < 4.78 is 11.2. The molecule has 1 heterocycles. The van der Waals surface area contributed by atoms with Crippen molar-refractivity contribution in [1.29, 1.82) is 0 Å². The van der Waals surface area contributed by atoms with Crippen LogP contribution in [0.2, 0.25) is 0 Å². The van der Waals surface area contributed by atoms with Gasteiger partial charge in [-0.1, -0.05) is 26.0 Å². The lowest BCUT2D eigenvalue weighted by molar-refractivity contribution is -0.145. The Morgan fingerprint density at radius 1 is 1.26 bits per heavy atom. The van der Waals surface area contributed by atoms with Gasteiger partial charge in [-0.3, -0.25) is 9.59 Å². The molecule has 1 amide bonds. The third-order valence-electron chi connectivity index (χ3n) is 5.11. The fourth-order valence-corrected chi connectivity index (χ4v) is 3.39. The van der Waals surface area contributed by atoms with Crippen molar-refractivity contribution in [2.75, 3.05) is 19.8 Å². The lowest BCUT2D eigenvalue weighted by atomic mass is 9.86. The van der Waals surface area contributed by atoms with E-state index in [1.54, 1.807) is 6.92 Å². The van der Waals surface area contributed by atoms with Gasteiger partial charge in [0.05, 0.1) is 5.92 Å². The number of benzene rings is 1. The molecule has 0 radical (unpaired) electrons. The van der Waals surface area contributed by atoms with Crippen molar-refractivity contribution >= 4 is 11.9 Å². The number of carboxylic acids is 1. The first-order valence-electron chi connectivity index (χ1n) is 9.65. The third kappa shape index (κ3) is 5.96. The van der Waals surface area contributed by atoms with E-state index in [1.165, 1.54) is 0 Å². The summed E-state index contributed by atoms with van der Waals surface area (Å²) in [5, 5.41) is 12.3. The molecular formula is C21H31NO5. The van der Waals surface area contributed by atoms with Gasteiger partial charge in [-0.2, -0.15) is 0 Å². The standard InChI is InChI=1S/C21H31NO5/c1-13(2)17-6-5-14(3)11-19(17)27-15(4)20(23)22-12-18(21(24)25)16-7-9-26-10-8-16/h5-6,11,13,15-16,18H,7-10,12H2,1-4H3,(H,22,23)(H,24,25). The molecule has 0 aromatic heterocycles. The number of carbonyl (C=O) groups is 2. The van der Waals surface area contributed by atoms with E-state index in [0.29, 0.717) is 31.8 Å². The highest BCUT2D eigenvalue weighted by molar-refractivity contribution is 5.81. The van der Waals surface area contributed by atoms with Crippen LogP contribution in [-0.2, 0) is 14.3 Å². The van der Waals surface area contributed by atoms with Gasteiger partial charge in [0.1, 0.15) is 5.75 Å². The number of ether oxygens (including phenoxy) is 2. The van der Waals surface area contributed by atoms with E-state index in [1.807, 2.05) is 25.1 Å². The van der Waals surface area contributed by atoms with Crippen LogP contribution in [0.25, 0.3) is 0 Å². The number of hydrogen-bond donors (Lipinski definition) is 2. The van der Waals surface area contributed by atoms with Gasteiger partial charge in [0.15, 0.2) is 6.10 Å². The second-order valence-electron chi connectivity index (χ2n) is 7.60. The van der Waals surface area contributed by atoms with Gasteiger partial charge in [0.2, 0.25) is 0 Å². The van der Waals surface area contributed by atoms with Gasteiger partial charge in [-0.25, -0.2) is 0 Å². The van der Waals surface area contributed by atoms with Crippen LogP contribution in [0.1, 0.15) is 50.7 Å². The van der Waals surface area contributed by atoms with Gasteiger partial charge in [-0.15, -0.1) is 0 Å². The number of carbonyl (C=O) groups excluding carboxylic acids is 1. The maximum Gasteiger partial charge on any atom is 0.308 e. The molecule has 0 saturated carbocycles. The molecule has 2 atom stereocenters. The molecule has 1 fully saturated rings. The molecule has 1 aliphatic heterocycles. The van der Waals surface area contributed by atoms with E-state index in [0.717, 1.165) is 11.1 Å². The molecule has 2 N–H and O–H groups in total. The molecule has 0 bridgehead atoms. The normalized spacial score (nSPS) is 17.4. The Morgan fingerprint density at radius 2 is 1.93 bits per heavy atom. The van der Waals surface area contributed by atoms with Crippen LogP contribution in [0.5, 0.6) is 5.75 Å². The van der Waals surface area contributed by atoms with Gasteiger partial charge >= 0.3 is 5.97 Å². The molecule has 1 saturated heterocycles. The van der Waals surface area contributed by atoms with E-state index in [-0.39, 0.29) is 24.3 Å². The van der Waals surface area contributed by atoms with Crippen molar-refractivity contribution in [2.24, 2.45) is 11.8 Å². The van der Waals surface area contributed by atoms with E-state index >= 15 is 0 Å². The highest BCUT2D eigenvalue weighted by atomic mass is 16.5. The Morgan fingerprint density at radius 3 is 2.52 bits per heavy atom. The molecule has 1 aromatic rings. The van der Waals surface area contributed by atoms with E-state index in [9.17, 15) is 14.7 Å². The summed E-state index contributed by atoms with van der Waals surface area (Å²) in [5.74, 6) is -0.777. The van der Waals surface area contributed by atoms with E-state index in [4.69, 9.17) is 9.47 Å². The van der Waals surface area contributed by atoms with Crippen LogP contribution >= 0.6 is 0 Å². The van der Waals surface area contributed by atoms with Gasteiger partial charge < -0.3 is 19.9 Å². The van der Waals surface area contributed by atoms with Crippen molar-refractivity contribution in [3.63, 3.8) is 0 Å². The zero-order valence-corrected chi connectivity index (χ0v) is 16.7. The van der Waals surface area contributed by atoms with Crippen LogP contribution in [-0.4, -0.2) is 42.8 Å². The zero-order chi connectivity index (χ0) is 20.0. The summed E-state index contributed by atoms with van der Waals surface area (Å²) in [6.45, 7) is 9.08. The Balaban J connectivity index is 1.97. The fourth-order valence-electron chi connectivity index (χ4n) is 3.39. The molecule has 0 aliphatic carbocycles. The first-order valence-corrected chi connectivity index (χ1v) is 9.65. The number of amides is 1. The first kappa shape index (κ1) is 21.2. The van der Waals surface area contributed by atoms with Crippen molar-refractivity contribution in [3.05, 3.63) is 29.3 Å². The van der Waals surface area contributed by atoms with Crippen LogP contribution in [0.3, 0.4) is 0 Å². The fraction of sp³-hybridized carbons (Fsp3) is 0.619. The number of nitrogens with one attached hydrogen (secondary N) is 1. The SMILES string of the molecule is Cc1ccc(C(C)C)c(OC(C)C(=O)NCC(C(=O)O)C2CCOCC2)c1. The topological polar surface area (TPSA) is 84.9 Å². The number of aryl methyl sites for hydroxylation is 1. The Hall–Kier alpha value is -2.08. The smallest absolute Gasteiger partial charge is 0.308 e. The molecule has 1 aromatic carbocycles. The summed E-state index contributed by atoms with van der Waals surface area (Å²) in [4.78, 5) is 24.1. The summed E-state index contributed by atoms with van der Waals surface area (Å²) in [6.07, 6.45) is 0.716. The Labute approximate surface area is 161 Å². The second-order valence-corrected chi connectivity index (χ2v) is 7.60. The van der Waals surface area contributed by atoms with E-state index in [2.05, 4.69) is 19.2 Å². The summed E-state index contributed by atoms with van der Waals surface area (Å²) in [7, 11) is 0. The molecule has 0 spiro atoms. The van der Waals surface area contributed by atoms with Crippen LogP contribution < -0.4 is 10.1 Å². The minimum Gasteiger partial charge on any atom is -0.481 e. The summed E-state index contributed by atoms with van der Waals surface area (Å²) in [6, 6.07) is 5.98.